The molecule has 3 rings (SSSR count). The van der Waals surface area contributed by atoms with Crippen LogP contribution in [0.4, 0.5) is 13.2 Å². The summed E-state index contributed by atoms with van der Waals surface area (Å²) in [7, 11) is 0. The van der Waals surface area contributed by atoms with E-state index >= 15 is 0 Å². The molecule has 1 heterocycles. The van der Waals surface area contributed by atoms with Crippen LogP contribution in [0, 0.1) is 5.92 Å². The van der Waals surface area contributed by atoms with E-state index in [1.54, 1.807) is 0 Å². The lowest BCUT2D eigenvalue weighted by Gasteiger charge is -2.28. The SMILES string of the molecule is NC1(c2noc(C3CCCC(C(F)(F)F)C3)n2)CCCC1. The van der Waals surface area contributed by atoms with Crippen LogP contribution in [0.2, 0.25) is 0 Å². The van der Waals surface area contributed by atoms with Crippen LogP contribution in [-0.2, 0) is 5.54 Å². The predicted molar refractivity (Wildman–Crippen MR) is 69.4 cm³/mol. The van der Waals surface area contributed by atoms with Gasteiger partial charge in [-0.25, -0.2) is 0 Å². The second-order valence-corrected chi connectivity index (χ2v) is 6.42. The zero-order valence-electron chi connectivity index (χ0n) is 11.8. The molecule has 0 radical (unpaired) electrons. The van der Waals surface area contributed by atoms with Gasteiger partial charge in [0.05, 0.1) is 11.5 Å². The summed E-state index contributed by atoms with van der Waals surface area (Å²) in [5.41, 5.74) is 5.70. The largest absolute Gasteiger partial charge is 0.391 e. The molecule has 2 N–H and O–H groups in total. The maximum Gasteiger partial charge on any atom is 0.391 e. The highest BCUT2D eigenvalue weighted by Gasteiger charge is 2.44. The van der Waals surface area contributed by atoms with Crippen molar-refractivity contribution in [2.45, 2.75) is 69.0 Å². The molecule has 2 aliphatic carbocycles. The van der Waals surface area contributed by atoms with Crippen molar-refractivity contribution in [1.82, 2.24) is 10.1 Å². The van der Waals surface area contributed by atoms with Gasteiger partial charge in [0, 0.05) is 5.92 Å². The van der Waals surface area contributed by atoms with Crippen LogP contribution in [0.1, 0.15) is 69.0 Å². The summed E-state index contributed by atoms with van der Waals surface area (Å²) in [4.78, 5) is 4.33. The first kappa shape index (κ1) is 14.8. The number of nitrogens with two attached hydrogens (primary N) is 1. The highest BCUT2D eigenvalue weighted by Crippen LogP contribution is 2.44. The molecule has 2 fully saturated rings. The Kier molecular flexibility index (Phi) is 3.71. The average Bonchev–Trinajstić information content (AvgIpc) is 3.07. The zero-order valence-corrected chi connectivity index (χ0v) is 11.8. The van der Waals surface area contributed by atoms with Crippen LogP contribution in [0.25, 0.3) is 0 Å². The summed E-state index contributed by atoms with van der Waals surface area (Å²) >= 11 is 0. The van der Waals surface area contributed by atoms with Gasteiger partial charge < -0.3 is 10.3 Å². The molecule has 21 heavy (non-hydrogen) atoms. The Bertz CT molecular complexity index is 494. The number of nitrogens with zero attached hydrogens (tertiary/aromatic N) is 2. The Morgan fingerprint density at radius 3 is 2.52 bits per heavy atom. The second-order valence-electron chi connectivity index (χ2n) is 6.42. The van der Waals surface area contributed by atoms with E-state index in [2.05, 4.69) is 10.1 Å². The first-order chi connectivity index (χ1) is 9.88. The van der Waals surface area contributed by atoms with Gasteiger partial charge in [-0.05, 0) is 32.1 Å². The van der Waals surface area contributed by atoms with Gasteiger partial charge >= 0.3 is 6.18 Å². The molecule has 2 atom stereocenters. The third-order valence-electron chi connectivity index (χ3n) is 4.87. The van der Waals surface area contributed by atoms with Crippen molar-refractivity contribution in [1.29, 1.82) is 0 Å². The molecule has 0 amide bonds. The molecule has 0 spiro atoms. The Hall–Kier alpha value is -1.11. The summed E-state index contributed by atoms with van der Waals surface area (Å²) in [5, 5.41) is 3.94. The molecule has 1 aromatic rings. The van der Waals surface area contributed by atoms with Crippen LogP contribution in [0.3, 0.4) is 0 Å². The van der Waals surface area contributed by atoms with Gasteiger partial charge in [0.2, 0.25) is 5.89 Å². The summed E-state index contributed by atoms with van der Waals surface area (Å²) < 4.78 is 43.8. The van der Waals surface area contributed by atoms with Crippen molar-refractivity contribution < 1.29 is 17.7 Å². The normalized spacial score (nSPS) is 29.7. The molecular weight excluding hydrogens is 283 g/mol. The van der Waals surface area contributed by atoms with E-state index in [1.807, 2.05) is 0 Å². The summed E-state index contributed by atoms with van der Waals surface area (Å²) in [6.07, 6.45) is 0.988. The topological polar surface area (TPSA) is 64.9 Å². The van der Waals surface area contributed by atoms with Crippen LogP contribution < -0.4 is 5.73 Å². The van der Waals surface area contributed by atoms with Crippen molar-refractivity contribution in [3.8, 4) is 0 Å². The van der Waals surface area contributed by atoms with Gasteiger partial charge in [0.25, 0.3) is 0 Å². The number of halogens is 3. The summed E-state index contributed by atoms with van der Waals surface area (Å²) in [6, 6.07) is 0. The number of hydrogen-bond donors (Lipinski definition) is 1. The fourth-order valence-electron chi connectivity index (χ4n) is 3.54. The quantitative estimate of drug-likeness (QED) is 0.906. The molecule has 2 aliphatic rings. The molecule has 1 aromatic heterocycles. The van der Waals surface area contributed by atoms with Crippen molar-refractivity contribution in [3.63, 3.8) is 0 Å². The minimum Gasteiger partial charge on any atom is -0.339 e. The monoisotopic (exact) mass is 303 g/mol. The highest BCUT2D eigenvalue weighted by molar-refractivity contribution is 5.08. The molecular formula is C14H20F3N3O. The van der Waals surface area contributed by atoms with Crippen molar-refractivity contribution >= 4 is 0 Å². The number of aromatic nitrogens is 2. The molecule has 0 bridgehead atoms. The maximum absolute atomic E-state index is 12.9. The standard InChI is InChI=1S/C14H20F3N3O/c15-14(16,17)10-5-3-4-9(8-10)11-19-12(20-21-11)13(18)6-1-2-7-13/h9-10H,1-8,18H2. The smallest absolute Gasteiger partial charge is 0.339 e. The molecule has 0 aliphatic heterocycles. The Morgan fingerprint density at radius 1 is 1.14 bits per heavy atom. The van der Waals surface area contributed by atoms with Crippen LogP contribution in [0.5, 0.6) is 0 Å². The van der Waals surface area contributed by atoms with Gasteiger partial charge in [-0.15, -0.1) is 0 Å². The molecule has 118 valence electrons. The molecule has 7 heteroatoms. The average molecular weight is 303 g/mol. The highest BCUT2D eigenvalue weighted by atomic mass is 19.4. The van der Waals surface area contributed by atoms with Gasteiger partial charge in [-0.2, -0.15) is 18.2 Å². The molecule has 2 saturated carbocycles. The molecule has 0 saturated heterocycles. The van der Waals surface area contributed by atoms with Crippen molar-refractivity contribution in [2.24, 2.45) is 11.7 Å². The van der Waals surface area contributed by atoms with E-state index in [-0.39, 0.29) is 18.8 Å². The fourth-order valence-corrected chi connectivity index (χ4v) is 3.54. The molecule has 4 nitrogen and oxygen atoms in total. The lowest BCUT2D eigenvalue weighted by Crippen LogP contribution is -2.34. The minimum atomic E-state index is -4.14. The second kappa shape index (κ2) is 5.26. The first-order valence-electron chi connectivity index (χ1n) is 7.58. The predicted octanol–water partition coefficient (Wildman–Crippen LogP) is 3.63. The van der Waals surface area contributed by atoms with Gasteiger partial charge in [-0.3, -0.25) is 0 Å². The third kappa shape index (κ3) is 2.93. The Labute approximate surface area is 121 Å². The molecule has 2 unspecified atom stereocenters. The number of rotatable bonds is 2. The van der Waals surface area contributed by atoms with Crippen molar-refractivity contribution in [2.75, 3.05) is 0 Å². The Morgan fingerprint density at radius 2 is 1.86 bits per heavy atom. The minimum absolute atomic E-state index is 0.0443. The third-order valence-corrected chi connectivity index (χ3v) is 4.87. The summed E-state index contributed by atoms with van der Waals surface area (Å²) in [6.45, 7) is 0. The molecule has 0 aromatic carbocycles. The Balaban J connectivity index is 1.74. The summed E-state index contributed by atoms with van der Waals surface area (Å²) in [5.74, 6) is -0.763. The lowest BCUT2D eigenvalue weighted by molar-refractivity contribution is -0.183. The van der Waals surface area contributed by atoms with E-state index in [1.165, 1.54) is 0 Å². The van der Waals surface area contributed by atoms with Gasteiger partial charge in [0.1, 0.15) is 0 Å². The lowest BCUT2D eigenvalue weighted by atomic mass is 9.81. The van der Waals surface area contributed by atoms with E-state index in [0.717, 1.165) is 25.7 Å². The van der Waals surface area contributed by atoms with E-state index < -0.39 is 17.6 Å². The van der Waals surface area contributed by atoms with Crippen LogP contribution in [0.15, 0.2) is 4.52 Å². The van der Waals surface area contributed by atoms with Crippen molar-refractivity contribution in [3.05, 3.63) is 11.7 Å². The zero-order chi connectivity index (χ0) is 15.1. The maximum atomic E-state index is 12.9. The van der Waals surface area contributed by atoms with E-state index in [0.29, 0.717) is 24.6 Å². The fraction of sp³-hybridized carbons (Fsp3) is 0.857. The van der Waals surface area contributed by atoms with E-state index in [9.17, 15) is 13.2 Å². The van der Waals surface area contributed by atoms with Crippen LogP contribution >= 0.6 is 0 Å². The van der Waals surface area contributed by atoms with E-state index in [4.69, 9.17) is 10.3 Å². The van der Waals surface area contributed by atoms with Crippen LogP contribution in [-0.4, -0.2) is 16.3 Å². The first-order valence-corrected chi connectivity index (χ1v) is 7.58. The van der Waals surface area contributed by atoms with Gasteiger partial charge in [-0.1, -0.05) is 24.4 Å². The van der Waals surface area contributed by atoms with Gasteiger partial charge in [0.15, 0.2) is 5.82 Å². The number of alkyl halides is 3. The number of hydrogen-bond acceptors (Lipinski definition) is 4.